The molecule has 1 aliphatic rings. The summed E-state index contributed by atoms with van der Waals surface area (Å²) < 4.78 is 7.22. The average molecular weight is 358 g/mol. The standard InChI is InChI=1S/C18H22N4O4/c23-16-6-10-21(18(25)20-16)11-7-17(24)22-9-3-5-15(12-22)26-13-14-4-1-2-8-19-14/h1-2,4,6,8,10,15H,3,5,7,9,11-13H2,(H,20,23,25). The number of carbonyl (C=O) groups excluding carboxylic acids is 1. The Morgan fingerprint density at radius 1 is 1.31 bits per heavy atom. The second-order valence-electron chi connectivity index (χ2n) is 6.29. The number of likely N-dealkylation sites (tertiary alicyclic amines) is 1. The highest BCUT2D eigenvalue weighted by molar-refractivity contribution is 5.76. The van der Waals surface area contributed by atoms with Crippen LogP contribution in [0.5, 0.6) is 0 Å². The second kappa shape index (κ2) is 8.57. The molecule has 138 valence electrons. The Morgan fingerprint density at radius 3 is 2.96 bits per heavy atom. The van der Waals surface area contributed by atoms with Crippen molar-refractivity contribution in [1.29, 1.82) is 0 Å². The van der Waals surface area contributed by atoms with Crippen LogP contribution in [0.2, 0.25) is 0 Å². The van der Waals surface area contributed by atoms with E-state index in [0.717, 1.165) is 18.5 Å². The molecule has 0 radical (unpaired) electrons. The maximum absolute atomic E-state index is 12.4. The zero-order valence-corrected chi connectivity index (χ0v) is 14.5. The predicted octanol–water partition coefficient (Wildman–Crippen LogP) is 0.529. The van der Waals surface area contributed by atoms with Crippen LogP contribution in [0.25, 0.3) is 0 Å². The normalized spacial score (nSPS) is 17.2. The molecule has 1 amide bonds. The lowest BCUT2D eigenvalue weighted by Crippen LogP contribution is -2.43. The fourth-order valence-electron chi connectivity index (χ4n) is 2.98. The van der Waals surface area contributed by atoms with E-state index in [1.54, 1.807) is 11.1 Å². The minimum Gasteiger partial charge on any atom is -0.370 e. The Kier molecular flexibility index (Phi) is 5.96. The molecular formula is C18H22N4O4. The zero-order chi connectivity index (χ0) is 18.4. The molecule has 26 heavy (non-hydrogen) atoms. The number of aromatic amines is 1. The number of amides is 1. The van der Waals surface area contributed by atoms with Gasteiger partial charge in [0, 0.05) is 44.5 Å². The third-order valence-electron chi connectivity index (χ3n) is 4.39. The molecule has 0 spiro atoms. The Morgan fingerprint density at radius 2 is 2.19 bits per heavy atom. The maximum atomic E-state index is 12.4. The molecule has 1 atom stereocenters. The van der Waals surface area contributed by atoms with E-state index in [4.69, 9.17) is 4.74 Å². The van der Waals surface area contributed by atoms with Gasteiger partial charge in [0.25, 0.3) is 5.56 Å². The number of piperidine rings is 1. The summed E-state index contributed by atoms with van der Waals surface area (Å²) in [5, 5.41) is 0. The SMILES string of the molecule is O=C(CCn1ccc(=O)[nH]c1=O)N1CCCC(OCc2ccccn2)C1. The average Bonchev–Trinajstić information content (AvgIpc) is 2.66. The number of rotatable bonds is 6. The van der Waals surface area contributed by atoms with Gasteiger partial charge >= 0.3 is 5.69 Å². The van der Waals surface area contributed by atoms with Crippen molar-refractivity contribution in [1.82, 2.24) is 19.4 Å². The van der Waals surface area contributed by atoms with Gasteiger partial charge in [0.15, 0.2) is 0 Å². The number of nitrogens with zero attached hydrogens (tertiary/aromatic N) is 3. The van der Waals surface area contributed by atoms with E-state index in [9.17, 15) is 14.4 Å². The van der Waals surface area contributed by atoms with Crippen molar-refractivity contribution in [2.75, 3.05) is 13.1 Å². The highest BCUT2D eigenvalue weighted by atomic mass is 16.5. The van der Waals surface area contributed by atoms with Crippen molar-refractivity contribution in [3.05, 3.63) is 63.2 Å². The van der Waals surface area contributed by atoms with Crippen LogP contribution in [0.15, 0.2) is 46.2 Å². The van der Waals surface area contributed by atoms with E-state index in [1.807, 2.05) is 18.2 Å². The molecule has 3 heterocycles. The molecule has 0 aliphatic carbocycles. The smallest absolute Gasteiger partial charge is 0.328 e. The van der Waals surface area contributed by atoms with Crippen LogP contribution < -0.4 is 11.2 Å². The third kappa shape index (κ3) is 4.89. The molecule has 1 aliphatic heterocycles. The Bertz CT molecular complexity index is 846. The summed E-state index contributed by atoms with van der Waals surface area (Å²) in [6.45, 7) is 1.92. The van der Waals surface area contributed by atoms with Crippen molar-refractivity contribution in [3.8, 4) is 0 Å². The number of nitrogens with one attached hydrogen (secondary N) is 1. The summed E-state index contributed by atoms with van der Waals surface area (Å²) in [5.74, 6) is -0.0192. The molecular weight excluding hydrogens is 336 g/mol. The summed E-state index contributed by atoms with van der Waals surface area (Å²) in [6, 6.07) is 6.96. The van der Waals surface area contributed by atoms with Crippen molar-refractivity contribution in [2.24, 2.45) is 0 Å². The summed E-state index contributed by atoms with van der Waals surface area (Å²) in [6.07, 6.45) is 5.13. The molecule has 2 aromatic rings. The summed E-state index contributed by atoms with van der Waals surface area (Å²) in [5.41, 5.74) is -0.0737. The molecule has 1 fully saturated rings. The Hall–Kier alpha value is -2.74. The van der Waals surface area contributed by atoms with Crippen molar-refractivity contribution in [3.63, 3.8) is 0 Å². The molecule has 8 heteroatoms. The lowest BCUT2D eigenvalue weighted by atomic mass is 10.1. The molecule has 0 bridgehead atoms. The van der Waals surface area contributed by atoms with E-state index in [0.29, 0.717) is 19.7 Å². The van der Waals surface area contributed by atoms with E-state index in [2.05, 4.69) is 9.97 Å². The predicted molar refractivity (Wildman–Crippen MR) is 94.6 cm³/mol. The van der Waals surface area contributed by atoms with Crippen molar-refractivity contribution >= 4 is 5.91 Å². The first-order chi connectivity index (χ1) is 12.6. The summed E-state index contributed by atoms with van der Waals surface area (Å²) in [4.78, 5) is 43.4. The van der Waals surface area contributed by atoms with Gasteiger partial charge in [0.05, 0.1) is 18.4 Å². The summed E-state index contributed by atoms with van der Waals surface area (Å²) >= 11 is 0. The van der Waals surface area contributed by atoms with Gasteiger partial charge in [0.1, 0.15) is 0 Å². The molecule has 2 aromatic heterocycles. The first kappa shape index (κ1) is 18.1. The number of aryl methyl sites for hydroxylation is 1. The molecule has 8 nitrogen and oxygen atoms in total. The van der Waals surface area contributed by atoms with Crippen LogP contribution in [0.1, 0.15) is 25.0 Å². The van der Waals surface area contributed by atoms with Crippen molar-refractivity contribution < 1.29 is 9.53 Å². The molecule has 0 saturated carbocycles. The van der Waals surface area contributed by atoms with E-state index in [-0.39, 0.29) is 25.0 Å². The largest absolute Gasteiger partial charge is 0.370 e. The van der Waals surface area contributed by atoms with Crippen LogP contribution >= 0.6 is 0 Å². The molecule has 1 N–H and O–H groups in total. The zero-order valence-electron chi connectivity index (χ0n) is 14.5. The molecule has 1 saturated heterocycles. The van der Waals surface area contributed by atoms with Gasteiger partial charge in [-0.15, -0.1) is 0 Å². The highest BCUT2D eigenvalue weighted by Gasteiger charge is 2.24. The molecule has 3 rings (SSSR count). The van der Waals surface area contributed by atoms with Gasteiger partial charge in [-0.05, 0) is 25.0 Å². The van der Waals surface area contributed by atoms with E-state index < -0.39 is 11.2 Å². The van der Waals surface area contributed by atoms with Gasteiger partial charge in [-0.3, -0.25) is 19.6 Å². The first-order valence-corrected chi connectivity index (χ1v) is 8.71. The monoisotopic (exact) mass is 358 g/mol. The van der Waals surface area contributed by atoms with Crippen molar-refractivity contribution in [2.45, 2.75) is 38.5 Å². The second-order valence-corrected chi connectivity index (χ2v) is 6.29. The Labute approximate surface area is 150 Å². The minimum absolute atomic E-state index is 0.00879. The van der Waals surface area contributed by atoms with Crippen LogP contribution in [0.4, 0.5) is 0 Å². The quantitative estimate of drug-likeness (QED) is 0.812. The van der Waals surface area contributed by atoms with Gasteiger partial charge < -0.3 is 14.2 Å². The topological polar surface area (TPSA) is 97.3 Å². The van der Waals surface area contributed by atoms with Crippen LogP contribution in [0.3, 0.4) is 0 Å². The molecule has 1 unspecified atom stereocenters. The number of carbonyl (C=O) groups is 1. The number of hydrogen-bond donors (Lipinski definition) is 1. The fraction of sp³-hybridized carbons (Fsp3) is 0.444. The van der Waals surface area contributed by atoms with Gasteiger partial charge in [-0.2, -0.15) is 0 Å². The highest BCUT2D eigenvalue weighted by Crippen LogP contribution is 2.15. The number of H-pyrrole nitrogens is 1. The fourth-order valence-corrected chi connectivity index (χ4v) is 2.98. The number of pyridine rings is 1. The van der Waals surface area contributed by atoms with Crippen LogP contribution in [-0.4, -0.2) is 44.5 Å². The lowest BCUT2D eigenvalue weighted by Gasteiger charge is -2.32. The van der Waals surface area contributed by atoms with Crippen LogP contribution in [0, 0.1) is 0 Å². The van der Waals surface area contributed by atoms with Crippen LogP contribution in [-0.2, 0) is 22.7 Å². The molecule has 0 aromatic carbocycles. The first-order valence-electron chi connectivity index (χ1n) is 8.71. The number of ether oxygens (including phenoxy) is 1. The maximum Gasteiger partial charge on any atom is 0.328 e. The third-order valence-corrected chi connectivity index (χ3v) is 4.39. The summed E-state index contributed by atoms with van der Waals surface area (Å²) in [7, 11) is 0. The Balaban J connectivity index is 1.49. The number of aromatic nitrogens is 3. The number of hydrogen-bond acceptors (Lipinski definition) is 5. The van der Waals surface area contributed by atoms with Gasteiger partial charge in [0.2, 0.25) is 5.91 Å². The lowest BCUT2D eigenvalue weighted by molar-refractivity contribution is -0.135. The van der Waals surface area contributed by atoms with E-state index in [1.165, 1.54) is 16.8 Å². The minimum atomic E-state index is -0.500. The van der Waals surface area contributed by atoms with Gasteiger partial charge in [-0.1, -0.05) is 6.07 Å². The van der Waals surface area contributed by atoms with E-state index >= 15 is 0 Å². The van der Waals surface area contributed by atoms with Gasteiger partial charge in [-0.25, -0.2) is 4.79 Å².